The van der Waals surface area contributed by atoms with E-state index in [0.29, 0.717) is 0 Å². The third-order valence-corrected chi connectivity index (χ3v) is 1.49. The van der Waals surface area contributed by atoms with Crippen molar-refractivity contribution in [3.63, 3.8) is 0 Å². The van der Waals surface area contributed by atoms with Gasteiger partial charge in [-0.2, -0.15) is 0 Å². The maximum absolute atomic E-state index is 11.3. The summed E-state index contributed by atoms with van der Waals surface area (Å²) in [6, 6.07) is 0. The van der Waals surface area contributed by atoms with E-state index >= 15 is 0 Å². The van der Waals surface area contributed by atoms with E-state index in [1.807, 2.05) is 0 Å². The molecular weight excluding hydrogens is 278 g/mol. The first-order valence-corrected chi connectivity index (χ1v) is 5.30. The fourth-order valence-electron chi connectivity index (χ4n) is 0.895. The molecule has 0 saturated carbocycles. The molecule has 0 aromatic rings. The summed E-state index contributed by atoms with van der Waals surface area (Å²) in [4.78, 5) is 62.6. The smallest absolute Gasteiger partial charge is 0.335 e. The van der Waals surface area contributed by atoms with Gasteiger partial charge in [-0.05, 0) is 0 Å². The zero-order chi connectivity index (χ0) is 15.7. The third kappa shape index (κ3) is 9.53. The average Bonchev–Trinajstić information content (AvgIpc) is 2.23. The predicted octanol–water partition coefficient (Wildman–Crippen LogP) is -0.821. The molecule has 0 aliphatic rings. The fraction of sp³-hybridized carbons (Fsp3) is 0.500. The van der Waals surface area contributed by atoms with Gasteiger partial charge in [0.2, 0.25) is 0 Å². The van der Waals surface area contributed by atoms with Gasteiger partial charge in [-0.25, -0.2) is 4.79 Å². The average molecular weight is 291 g/mol. The van der Waals surface area contributed by atoms with Gasteiger partial charge in [0.05, 0.1) is 12.8 Å². The minimum atomic E-state index is -1.23. The lowest BCUT2D eigenvalue weighted by molar-refractivity contribution is -0.320. The molecule has 0 aliphatic carbocycles. The van der Waals surface area contributed by atoms with Gasteiger partial charge in [0.1, 0.15) is 0 Å². The topological polar surface area (TPSA) is 137 Å². The maximum Gasteiger partial charge on any atom is 0.335 e. The Morgan fingerprint density at radius 1 is 0.900 bits per heavy atom. The molecule has 0 aliphatic heterocycles. The van der Waals surface area contributed by atoms with E-state index in [9.17, 15) is 24.0 Å². The van der Waals surface area contributed by atoms with Crippen LogP contribution in [0, 0.1) is 0 Å². The van der Waals surface area contributed by atoms with Crippen molar-refractivity contribution in [2.75, 3.05) is 6.54 Å². The van der Waals surface area contributed by atoms with Crippen molar-refractivity contribution >= 4 is 29.8 Å². The zero-order valence-electron chi connectivity index (χ0n) is 10.8. The Morgan fingerprint density at radius 3 is 1.80 bits per heavy atom. The van der Waals surface area contributed by atoms with Crippen molar-refractivity contribution in [1.29, 1.82) is 0 Å². The molecule has 1 N–H and O–H groups in total. The van der Waals surface area contributed by atoms with Gasteiger partial charge in [0, 0.05) is 19.1 Å². The molecule has 0 atom stereocenters. The Balaban J connectivity index is 4.30. The molecule has 0 bridgehead atoms. The molecule has 0 saturated heterocycles. The van der Waals surface area contributed by atoms with E-state index in [1.165, 1.54) is 0 Å². The summed E-state index contributed by atoms with van der Waals surface area (Å²) in [5.41, 5.74) is 0. The fourth-order valence-corrected chi connectivity index (χ4v) is 0.895. The number of nitrogens with zero attached hydrogens (tertiary/aromatic N) is 1. The van der Waals surface area contributed by atoms with E-state index < -0.39 is 49.2 Å². The predicted molar refractivity (Wildman–Crippen MR) is 58.2 cm³/mol. The normalized spacial score (nSPS) is 9.75. The summed E-state index contributed by atoms with van der Waals surface area (Å²) < 4.78 is 4.23. The van der Waals surface area contributed by atoms with Crippen molar-refractivity contribution in [1.82, 2.24) is 5.23 Å². The van der Waals surface area contributed by atoms with E-state index in [1.54, 1.807) is 0 Å². The Morgan fingerprint density at radius 2 is 1.40 bits per heavy atom. The molecule has 0 heterocycles. The van der Waals surface area contributed by atoms with Gasteiger partial charge in [0.25, 0.3) is 0 Å². The molecule has 0 amide bonds. The van der Waals surface area contributed by atoms with Crippen LogP contribution in [0.2, 0.25) is 0 Å². The van der Waals surface area contributed by atoms with Crippen LogP contribution in [0.3, 0.4) is 0 Å². The molecular formula is C10H13NO9. The van der Waals surface area contributed by atoms with Crippen LogP contribution >= 0.6 is 0 Å². The van der Waals surface area contributed by atoms with E-state index in [4.69, 9.17) is 5.11 Å². The van der Waals surface area contributed by atoms with Crippen LogP contribution in [-0.4, -0.2) is 46.7 Å². The van der Waals surface area contributed by atoms with Gasteiger partial charge < -0.3 is 19.5 Å². The summed E-state index contributed by atoms with van der Waals surface area (Å²) in [7, 11) is 0. The molecule has 0 unspecified atom stereocenters. The minimum Gasteiger partial charge on any atom is -0.481 e. The molecule has 20 heavy (non-hydrogen) atoms. The van der Waals surface area contributed by atoms with Crippen molar-refractivity contribution < 1.29 is 43.5 Å². The number of ether oxygens (including phenoxy) is 1. The van der Waals surface area contributed by atoms with E-state index in [-0.39, 0.29) is 5.23 Å². The van der Waals surface area contributed by atoms with Gasteiger partial charge in [-0.1, -0.05) is 0 Å². The number of esters is 2. The summed E-state index contributed by atoms with van der Waals surface area (Å²) in [6.45, 7) is 1.16. The Hall–Kier alpha value is -2.49. The van der Waals surface area contributed by atoms with Gasteiger partial charge in [0.15, 0.2) is 6.54 Å². The summed E-state index contributed by atoms with van der Waals surface area (Å²) in [5.74, 6) is -5.20. The molecule has 0 spiro atoms. The summed E-state index contributed by atoms with van der Waals surface area (Å²) >= 11 is 0. The van der Waals surface area contributed by atoms with Crippen molar-refractivity contribution in [3.05, 3.63) is 0 Å². The van der Waals surface area contributed by atoms with E-state index in [0.717, 1.165) is 13.8 Å². The number of carboxylic acid groups (broad SMARTS) is 1. The number of hydroxylamine groups is 2. The third-order valence-electron chi connectivity index (χ3n) is 1.49. The van der Waals surface area contributed by atoms with Gasteiger partial charge >= 0.3 is 29.8 Å². The largest absolute Gasteiger partial charge is 0.481 e. The van der Waals surface area contributed by atoms with Crippen LogP contribution in [0.4, 0.5) is 0 Å². The highest BCUT2D eigenvalue weighted by atomic mass is 17.0. The number of carbonyl (C=O) groups is 5. The standard InChI is InChI=1S/C10H13NO9/c1-6(12)19-11(20-7(2)13)5-10(17)18-9(16)4-3-8(14)15/h3-5H2,1-2H3,(H,14,15). The summed E-state index contributed by atoms with van der Waals surface area (Å²) in [5, 5.41) is 8.57. The number of carbonyl (C=O) groups excluding carboxylic acids is 4. The lowest BCUT2D eigenvalue weighted by atomic mass is 10.3. The minimum absolute atomic E-state index is 0.247. The van der Waals surface area contributed by atoms with Crippen molar-refractivity contribution in [2.24, 2.45) is 0 Å². The van der Waals surface area contributed by atoms with Crippen LogP contribution in [0.5, 0.6) is 0 Å². The van der Waals surface area contributed by atoms with Crippen molar-refractivity contribution in [3.8, 4) is 0 Å². The quantitative estimate of drug-likeness (QED) is 0.359. The Bertz CT molecular complexity index is 401. The van der Waals surface area contributed by atoms with Crippen LogP contribution in [0.25, 0.3) is 0 Å². The second kappa shape index (κ2) is 8.58. The Kier molecular flexibility index (Phi) is 7.52. The van der Waals surface area contributed by atoms with Crippen LogP contribution in [-0.2, 0) is 38.4 Å². The zero-order valence-corrected chi connectivity index (χ0v) is 10.8. The lowest BCUT2D eigenvalue weighted by Gasteiger charge is -2.16. The SMILES string of the molecule is CC(=O)ON(CC(=O)OC(=O)CCC(=O)O)OC(C)=O. The number of hydrogen-bond acceptors (Lipinski definition) is 9. The van der Waals surface area contributed by atoms with Gasteiger partial charge in [-0.15, -0.1) is 0 Å². The second-order valence-electron chi connectivity index (χ2n) is 3.40. The number of aliphatic carboxylic acids is 1. The molecule has 0 aromatic carbocycles. The van der Waals surface area contributed by atoms with Gasteiger partial charge in [-0.3, -0.25) is 19.2 Å². The van der Waals surface area contributed by atoms with E-state index in [2.05, 4.69) is 14.4 Å². The molecule has 0 rings (SSSR count). The second-order valence-corrected chi connectivity index (χ2v) is 3.40. The van der Waals surface area contributed by atoms with Crippen LogP contribution in [0.15, 0.2) is 0 Å². The first-order chi connectivity index (χ1) is 9.20. The first kappa shape index (κ1) is 17.5. The highest BCUT2D eigenvalue weighted by molar-refractivity contribution is 5.87. The Labute approximate surface area is 113 Å². The summed E-state index contributed by atoms with van der Waals surface area (Å²) in [6.07, 6.45) is -0.994. The number of carboxylic acids is 1. The highest BCUT2D eigenvalue weighted by Crippen LogP contribution is 1.98. The number of hydrogen-bond donors (Lipinski definition) is 1. The maximum atomic E-state index is 11.3. The lowest BCUT2D eigenvalue weighted by Crippen LogP contribution is -2.35. The molecule has 0 fully saturated rings. The first-order valence-electron chi connectivity index (χ1n) is 5.30. The molecule has 10 heteroatoms. The molecule has 0 aromatic heterocycles. The molecule has 0 radical (unpaired) electrons. The molecule has 10 nitrogen and oxygen atoms in total. The van der Waals surface area contributed by atoms with Crippen LogP contribution < -0.4 is 0 Å². The van der Waals surface area contributed by atoms with Crippen molar-refractivity contribution in [2.45, 2.75) is 26.7 Å². The van der Waals surface area contributed by atoms with Crippen LogP contribution in [0.1, 0.15) is 26.7 Å². The molecule has 112 valence electrons. The highest BCUT2D eigenvalue weighted by Gasteiger charge is 2.21. The number of rotatable bonds is 7. The monoisotopic (exact) mass is 291 g/mol.